The van der Waals surface area contributed by atoms with Crippen LogP contribution in [0.1, 0.15) is 31.2 Å². The second-order valence-electron chi connectivity index (χ2n) is 6.51. The van der Waals surface area contributed by atoms with E-state index in [0.29, 0.717) is 38.0 Å². The summed E-state index contributed by atoms with van der Waals surface area (Å²) < 4.78 is 39.8. The molecule has 0 radical (unpaired) electrons. The van der Waals surface area contributed by atoms with Gasteiger partial charge in [-0.05, 0) is 25.0 Å². The Balaban J connectivity index is 1.49. The number of benzene rings is 1. The first-order chi connectivity index (χ1) is 12.6. The SMILES string of the molecule is O=S(=O)(N1CCCCC1)N1CCO[C@@H](c2noc(-c3ccccc3)n2)C1. The van der Waals surface area contributed by atoms with E-state index in [4.69, 9.17) is 9.26 Å². The molecular weight excluding hydrogens is 356 g/mol. The Labute approximate surface area is 152 Å². The van der Waals surface area contributed by atoms with Crippen molar-refractivity contribution in [2.75, 3.05) is 32.8 Å². The van der Waals surface area contributed by atoms with E-state index < -0.39 is 16.3 Å². The van der Waals surface area contributed by atoms with E-state index in [9.17, 15) is 8.42 Å². The van der Waals surface area contributed by atoms with Crippen LogP contribution in [0, 0.1) is 0 Å². The minimum absolute atomic E-state index is 0.201. The summed E-state index contributed by atoms with van der Waals surface area (Å²) in [5.41, 5.74) is 0.819. The highest BCUT2D eigenvalue weighted by molar-refractivity contribution is 7.86. The third-order valence-electron chi connectivity index (χ3n) is 4.75. The van der Waals surface area contributed by atoms with Crippen LogP contribution < -0.4 is 0 Å². The van der Waals surface area contributed by atoms with Crippen LogP contribution in [0.15, 0.2) is 34.9 Å². The van der Waals surface area contributed by atoms with Gasteiger partial charge in [-0.3, -0.25) is 0 Å². The number of morpholine rings is 1. The highest BCUT2D eigenvalue weighted by Gasteiger charge is 2.36. The Morgan fingerprint density at radius 1 is 1.00 bits per heavy atom. The molecule has 26 heavy (non-hydrogen) atoms. The number of rotatable bonds is 4. The largest absolute Gasteiger partial charge is 0.367 e. The first kappa shape index (κ1) is 17.6. The molecule has 1 atom stereocenters. The van der Waals surface area contributed by atoms with Gasteiger partial charge in [0.15, 0.2) is 0 Å². The zero-order valence-corrected chi connectivity index (χ0v) is 15.3. The molecule has 8 nitrogen and oxygen atoms in total. The Kier molecular flexibility index (Phi) is 5.03. The van der Waals surface area contributed by atoms with Crippen molar-refractivity contribution in [3.05, 3.63) is 36.2 Å². The molecule has 0 unspecified atom stereocenters. The summed E-state index contributed by atoms with van der Waals surface area (Å²) in [4.78, 5) is 4.40. The third kappa shape index (κ3) is 3.52. The maximum atomic E-state index is 12.9. The molecule has 140 valence electrons. The lowest BCUT2D eigenvalue weighted by atomic mass is 10.2. The van der Waals surface area contributed by atoms with Gasteiger partial charge in [0.05, 0.1) is 6.61 Å². The standard InChI is InChI=1S/C17H22N4O4S/c22-26(23,20-9-5-2-6-10-20)21-11-12-24-15(13-21)16-18-17(25-19-16)14-7-3-1-4-8-14/h1,3-4,7-8,15H,2,5-6,9-13H2/t15-/m1/s1. The molecule has 9 heteroatoms. The molecule has 1 aromatic carbocycles. The molecular formula is C17H22N4O4S. The van der Waals surface area contributed by atoms with Crippen LogP contribution in [-0.2, 0) is 14.9 Å². The van der Waals surface area contributed by atoms with E-state index in [1.165, 1.54) is 4.31 Å². The normalized spacial score (nSPS) is 23.2. The molecule has 0 spiro atoms. The van der Waals surface area contributed by atoms with Crippen molar-refractivity contribution in [1.29, 1.82) is 0 Å². The van der Waals surface area contributed by atoms with Gasteiger partial charge in [0.25, 0.3) is 16.1 Å². The summed E-state index contributed by atoms with van der Waals surface area (Å²) in [6, 6.07) is 9.46. The van der Waals surface area contributed by atoms with Gasteiger partial charge in [-0.1, -0.05) is 29.8 Å². The van der Waals surface area contributed by atoms with E-state index >= 15 is 0 Å². The third-order valence-corrected chi connectivity index (χ3v) is 6.75. The number of hydrogen-bond acceptors (Lipinski definition) is 6. The van der Waals surface area contributed by atoms with E-state index in [-0.39, 0.29) is 6.54 Å². The molecule has 2 aliphatic rings. The number of hydrogen-bond donors (Lipinski definition) is 0. The average molecular weight is 378 g/mol. The van der Waals surface area contributed by atoms with Gasteiger partial charge >= 0.3 is 0 Å². The minimum atomic E-state index is -3.47. The van der Waals surface area contributed by atoms with Gasteiger partial charge in [0, 0.05) is 31.7 Å². The maximum absolute atomic E-state index is 12.9. The molecule has 4 rings (SSSR count). The molecule has 0 amide bonds. The quantitative estimate of drug-likeness (QED) is 0.807. The average Bonchev–Trinajstić information content (AvgIpc) is 3.20. The summed E-state index contributed by atoms with van der Waals surface area (Å²) >= 11 is 0. The van der Waals surface area contributed by atoms with Crippen LogP contribution in [0.25, 0.3) is 11.5 Å². The molecule has 2 aliphatic heterocycles. The fourth-order valence-corrected chi connectivity index (χ4v) is 4.99. The van der Waals surface area contributed by atoms with Crippen LogP contribution in [0.3, 0.4) is 0 Å². The van der Waals surface area contributed by atoms with Gasteiger partial charge in [0.2, 0.25) is 5.82 Å². The fourth-order valence-electron chi connectivity index (χ4n) is 3.31. The summed E-state index contributed by atoms with van der Waals surface area (Å²) in [6.07, 6.45) is 2.39. The molecule has 0 N–H and O–H groups in total. The van der Waals surface area contributed by atoms with Crippen molar-refractivity contribution in [3.8, 4) is 11.5 Å². The lowest BCUT2D eigenvalue weighted by Crippen LogP contribution is -2.50. The number of piperidine rings is 1. The van der Waals surface area contributed by atoms with Crippen LogP contribution >= 0.6 is 0 Å². The van der Waals surface area contributed by atoms with Crippen molar-refractivity contribution in [2.24, 2.45) is 0 Å². The lowest BCUT2D eigenvalue weighted by Gasteiger charge is -2.35. The molecule has 0 aliphatic carbocycles. The predicted molar refractivity (Wildman–Crippen MR) is 94.3 cm³/mol. The van der Waals surface area contributed by atoms with Crippen molar-refractivity contribution in [2.45, 2.75) is 25.4 Å². The first-order valence-corrected chi connectivity index (χ1v) is 10.3. The second-order valence-corrected chi connectivity index (χ2v) is 8.44. The fraction of sp³-hybridized carbons (Fsp3) is 0.529. The molecule has 2 saturated heterocycles. The molecule has 3 heterocycles. The molecule has 0 saturated carbocycles. The highest BCUT2D eigenvalue weighted by atomic mass is 32.2. The Hall–Kier alpha value is -1.81. The summed E-state index contributed by atoms with van der Waals surface area (Å²) in [6.45, 7) is 2.04. The van der Waals surface area contributed by atoms with E-state index in [1.807, 2.05) is 30.3 Å². The summed E-state index contributed by atoms with van der Waals surface area (Å²) in [7, 11) is -3.47. The highest BCUT2D eigenvalue weighted by Crippen LogP contribution is 2.26. The Morgan fingerprint density at radius 3 is 2.54 bits per heavy atom. The number of aromatic nitrogens is 2. The van der Waals surface area contributed by atoms with Crippen molar-refractivity contribution in [3.63, 3.8) is 0 Å². The van der Waals surface area contributed by atoms with Crippen LogP contribution in [0.5, 0.6) is 0 Å². The lowest BCUT2D eigenvalue weighted by molar-refractivity contribution is -0.0104. The van der Waals surface area contributed by atoms with E-state index in [2.05, 4.69) is 10.1 Å². The van der Waals surface area contributed by atoms with Crippen molar-refractivity contribution < 1.29 is 17.7 Å². The smallest absolute Gasteiger partial charge is 0.282 e. The van der Waals surface area contributed by atoms with Crippen LogP contribution in [0.4, 0.5) is 0 Å². The predicted octanol–water partition coefficient (Wildman–Crippen LogP) is 1.84. The molecule has 2 aromatic rings. The van der Waals surface area contributed by atoms with Gasteiger partial charge in [-0.2, -0.15) is 22.0 Å². The summed E-state index contributed by atoms with van der Waals surface area (Å²) in [5.74, 6) is 0.780. The Bertz CT molecular complexity index is 833. The minimum Gasteiger partial charge on any atom is -0.367 e. The Morgan fingerprint density at radius 2 is 1.77 bits per heavy atom. The summed E-state index contributed by atoms with van der Waals surface area (Å²) in [5, 5.41) is 4.00. The maximum Gasteiger partial charge on any atom is 0.282 e. The zero-order chi connectivity index (χ0) is 18.0. The van der Waals surface area contributed by atoms with Gasteiger partial charge in [-0.15, -0.1) is 0 Å². The van der Waals surface area contributed by atoms with E-state index in [1.54, 1.807) is 4.31 Å². The number of nitrogens with zero attached hydrogens (tertiary/aromatic N) is 4. The molecule has 0 bridgehead atoms. The van der Waals surface area contributed by atoms with Crippen molar-refractivity contribution in [1.82, 2.24) is 18.8 Å². The van der Waals surface area contributed by atoms with Gasteiger partial charge in [0.1, 0.15) is 6.10 Å². The topological polar surface area (TPSA) is 88.8 Å². The van der Waals surface area contributed by atoms with Crippen LogP contribution in [-0.4, -0.2) is 60.0 Å². The molecule has 1 aromatic heterocycles. The second kappa shape index (κ2) is 7.43. The zero-order valence-electron chi connectivity index (χ0n) is 14.5. The monoisotopic (exact) mass is 378 g/mol. The van der Waals surface area contributed by atoms with Gasteiger partial charge in [-0.25, -0.2) is 0 Å². The van der Waals surface area contributed by atoms with Gasteiger partial charge < -0.3 is 9.26 Å². The number of ether oxygens (including phenoxy) is 1. The van der Waals surface area contributed by atoms with Crippen molar-refractivity contribution >= 4 is 10.2 Å². The molecule has 2 fully saturated rings. The first-order valence-electron chi connectivity index (χ1n) is 8.90. The van der Waals surface area contributed by atoms with E-state index in [0.717, 1.165) is 24.8 Å². The van der Waals surface area contributed by atoms with Crippen LogP contribution in [0.2, 0.25) is 0 Å².